The van der Waals surface area contributed by atoms with E-state index in [0.717, 1.165) is 15.6 Å². The Morgan fingerprint density at radius 3 is 2.58 bits per heavy atom. The van der Waals surface area contributed by atoms with Gasteiger partial charge < -0.3 is 14.2 Å². The second-order valence-corrected chi connectivity index (χ2v) is 6.76. The van der Waals surface area contributed by atoms with Crippen LogP contribution < -0.4 is 9.47 Å². The molecule has 0 amide bonds. The van der Waals surface area contributed by atoms with Gasteiger partial charge in [-0.15, -0.1) is 0 Å². The number of carbonyl (C=O) groups excluding carboxylic acids is 1. The summed E-state index contributed by atoms with van der Waals surface area (Å²) in [5.74, 6) is 1.000. The van der Waals surface area contributed by atoms with Crippen LogP contribution in [-0.2, 0) is 9.53 Å². The Balaban J connectivity index is 1.95. The highest BCUT2D eigenvalue weighted by Crippen LogP contribution is 2.38. The van der Waals surface area contributed by atoms with Gasteiger partial charge in [-0.3, -0.25) is 0 Å². The van der Waals surface area contributed by atoms with Crippen molar-refractivity contribution in [2.75, 3.05) is 7.11 Å². The van der Waals surface area contributed by atoms with Crippen LogP contribution in [0.15, 0.2) is 57.6 Å². The van der Waals surface area contributed by atoms with Crippen LogP contribution in [0.4, 0.5) is 0 Å². The SMILES string of the molecule is COc1cc(/C=C2\N=C(c3ccccc3)OC2=O)cc(Br)c1OC(C)C. The first-order valence-corrected chi connectivity index (χ1v) is 8.89. The van der Waals surface area contributed by atoms with Crippen LogP contribution in [0.1, 0.15) is 25.0 Å². The zero-order chi connectivity index (χ0) is 18.7. The fourth-order valence-corrected chi connectivity index (χ4v) is 3.00. The van der Waals surface area contributed by atoms with Crippen molar-refractivity contribution in [3.8, 4) is 11.5 Å². The third-order valence-electron chi connectivity index (χ3n) is 3.55. The van der Waals surface area contributed by atoms with E-state index in [4.69, 9.17) is 14.2 Å². The lowest BCUT2D eigenvalue weighted by Gasteiger charge is -2.15. The molecule has 0 unspecified atom stereocenters. The highest BCUT2D eigenvalue weighted by Gasteiger charge is 2.24. The number of ether oxygens (including phenoxy) is 3. The maximum absolute atomic E-state index is 12.1. The van der Waals surface area contributed by atoms with E-state index in [-0.39, 0.29) is 11.8 Å². The van der Waals surface area contributed by atoms with Crippen molar-refractivity contribution in [1.29, 1.82) is 0 Å². The van der Waals surface area contributed by atoms with Crippen LogP contribution in [0, 0.1) is 0 Å². The van der Waals surface area contributed by atoms with E-state index >= 15 is 0 Å². The summed E-state index contributed by atoms with van der Waals surface area (Å²) in [6.45, 7) is 3.88. The monoisotopic (exact) mass is 415 g/mol. The Morgan fingerprint density at radius 2 is 1.92 bits per heavy atom. The van der Waals surface area contributed by atoms with Gasteiger partial charge in [-0.2, -0.15) is 0 Å². The van der Waals surface area contributed by atoms with Crippen molar-refractivity contribution in [1.82, 2.24) is 0 Å². The van der Waals surface area contributed by atoms with Gasteiger partial charge in [-0.25, -0.2) is 9.79 Å². The van der Waals surface area contributed by atoms with Crippen molar-refractivity contribution in [3.63, 3.8) is 0 Å². The molecule has 0 atom stereocenters. The van der Waals surface area contributed by atoms with Gasteiger partial charge in [0.25, 0.3) is 0 Å². The van der Waals surface area contributed by atoms with Crippen molar-refractivity contribution in [3.05, 3.63) is 63.8 Å². The molecule has 6 heteroatoms. The molecule has 134 valence electrons. The lowest BCUT2D eigenvalue weighted by Crippen LogP contribution is -2.07. The predicted octanol–water partition coefficient (Wildman–Crippen LogP) is 4.59. The second-order valence-electron chi connectivity index (χ2n) is 5.90. The molecule has 2 aromatic rings. The number of esters is 1. The number of benzene rings is 2. The highest BCUT2D eigenvalue weighted by atomic mass is 79.9. The lowest BCUT2D eigenvalue weighted by atomic mass is 10.1. The number of rotatable bonds is 5. The third kappa shape index (κ3) is 3.96. The summed E-state index contributed by atoms with van der Waals surface area (Å²) < 4.78 is 17.2. The normalized spacial score (nSPS) is 15.2. The minimum atomic E-state index is -0.485. The topological polar surface area (TPSA) is 57.1 Å². The highest BCUT2D eigenvalue weighted by molar-refractivity contribution is 9.10. The van der Waals surface area contributed by atoms with Gasteiger partial charge in [0.15, 0.2) is 17.2 Å². The minimum Gasteiger partial charge on any atom is -0.493 e. The van der Waals surface area contributed by atoms with E-state index in [0.29, 0.717) is 17.4 Å². The fraction of sp³-hybridized carbons (Fsp3) is 0.200. The van der Waals surface area contributed by atoms with Crippen LogP contribution in [0.25, 0.3) is 6.08 Å². The molecule has 2 aromatic carbocycles. The third-order valence-corrected chi connectivity index (χ3v) is 4.14. The van der Waals surface area contributed by atoms with Crippen molar-refractivity contribution in [2.45, 2.75) is 20.0 Å². The molecule has 1 heterocycles. The van der Waals surface area contributed by atoms with E-state index in [2.05, 4.69) is 20.9 Å². The molecule has 0 N–H and O–H groups in total. The van der Waals surface area contributed by atoms with Gasteiger partial charge >= 0.3 is 5.97 Å². The van der Waals surface area contributed by atoms with Gasteiger partial charge in [0.05, 0.1) is 17.7 Å². The number of hydrogen-bond donors (Lipinski definition) is 0. The van der Waals surface area contributed by atoms with E-state index in [1.807, 2.05) is 50.2 Å². The van der Waals surface area contributed by atoms with Crippen LogP contribution in [0.2, 0.25) is 0 Å². The molecular weight excluding hydrogens is 398 g/mol. The van der Waals surface area contributed by atoms with Gasteiger partial charge in [-0.1, -0.05) is 18.2 Å². The number of hydrogen-bond acceptors (Lipinski definition) is 5. The first-order chi connectivity index (χ1) is 12.5. The van der Waals surface area contributed by atoms with Crippen LogP contribution >= 0.6 is 15.9 Å². The van der Waals surface area contributed by atoms with E-state index in [1.165, 1.54) is 0 Å². The number of nitrogens with zero attached hydrogens (tertiary/aromatic N) is 1. The van der Waals surface area contributed by atoms with Gasteiger partial charge in [0.2, 0.25) is 5.90 Å². The first-order valence-electron chi connectivity index (χ1n) is 8.10. The average molecular weight is 416 g/mol. The summed E-state index contributed by atoms with van der Waals surface area (Å²) >= 11 is 3.49. The van der Waals surface area contributed by atoms with Crippen LogP contribution in [0.5, 0.6) is 11.5 Å². The number of carbonyl (C=O) groups is 1. The molecule has 0 aromatic heterocycles. The van der Waals surface area contributed by atoms with E-state index in [1.54, 1.807) is 19.3 Å². The van der Waals surface area contributed by atoms with Gasteiger partial charge in [-0.05, 0) is 65.7 Å². The fourth-order valence-electron chi connectivity index (χ4n) is 2.44. The molecule has 0 radical (unpaired) electrons. The predicted molar refractivity (Wildman–Crippen MR) is 104 cm³/mol. The molecule has 0 fully saturated rings. The van der Waals surface area contributed by atoms with E-state index in [9.17, 15) is 4.79 Å². The quantitative estimate of drug-likeness (QED) is 0.529. The van der Waals surface area contributed by atoms with Crippen molar-refractivity contribution < 1.29 is 19.0 Å². The smallest absolute Gasteiger partial charge is 0.363 e. The Morgan fingerprint density at radius 1 is 1.19 bits per heavy atom. The molecule has 0 spiro atoms. The number of aliphatic imine (C=N–C) groups is 1. The second kappa shape index (κ2) is 7.74. The number of halogens is 1. The molecule has 3 rings (SSSR count). The Hall–Kier alpha value is -2.60. The van der Waals surface area contributed by atoms with Crippen molar-refractivity contribution >= 4 is 33.9 Å². The minimum absolute atomic E-state index is 0.00671. The summed E-state index contributed by atoms with van der Waals surface area (Å²) in [5.41, 5.74) is 1.73. The molecular formula is C20H18BrNO4. The molecule has 0 saturated heterocycles. The Labute approximate surface area is 160 Å². The molecule has 1 aliphatic rings. The zero-order valence-corrected chi connectivity index (χ0v) is 16.2. The van der Waals surface area contributed by atoms with E-state index < -0.39 is 5.97 Å². The Bertz CT molecular complexity index is 888. The maximum atomic E-state index is 12.1. The largest absolute Gasteiger partial charge is 0.493 e. The summed E-state index contributed by atoms with van der Waals surface area (Å²) in [7, 11) is 1.57. The molecule has 0 saturated carbocycles. The molecule has 1 aliphatic heterocycles. The zero-order valence-electron chi connectivity index (χ0n) is 14.7. The van der Waals surface area contributed by atoms with Gasteiger partial charge in [0, 0.05) is 5.56 Å². The molecule has 5 nitrogen and oxygen atoms in total. The summed E-state index contributed by atoms with van der Waals surface area (Å²) in [4.78, 5) is 16.5. The molecule has 26 heavy (non-hydrogen) atoms. The standard InChI is InChI=1S/C20H18BrNO4/c1-12(2)25-18-15(21)9-13(11-17(18)24-3)10-16-20(23)26-19(22-16)14-7-5-4-6-8-14/h4-12H,1-3H3/b16-10-. The van der Waals surface area contributed by atoms with Crippen LogP contribution in [0.3, 0.4) is 0 Å². The summed E-state index contributed by atoms with van der Waals surface area (Å²) in [6, 6.07) is 12.9. The number of methoxy groups -OCH3 is 1. The average Bonchev–Trinajstić information content (AvgIpc) is 2.98. The number of cyclic esters (lactones) is 1. The maximum Gasteiger partial charge on any atom is 0.363 e. The van der Waals surface area contributed by atoms with Gasteiger partial charge in [0.1, 0.15) is 0 Å². The molecule has 0 bridgehead atoms. The van der Waals surface area contributed by atoms with Crippen LogP contribution in [-0.4, -0.2) is 25.1 Å². The molecule has 0 aliphatic carbocycles. The Kier molecular flexibility index (Phi) is 5.42. The lowest BCUT2D eigenvalue weighted by molar-refractivity contribution is -0.129. The first kappa shape index (κ1) is 18.2. The van der Waals surface area contributed by atoms with Crippen molar-refractivity contribution in [2.24, 2.45) is 4.99 Å². The summed E-state index contributed by atoms with van der Waals surface area (Å²) in [6.07, 6.45) is 1.66. The summed E-state index contributed by atoms with van der Waals surface area (Å²) in [5, 5.41) is 0.